The molecule has 17 heavy (non-hydrogen) atoms. The molecule has 3 aromatic rings. The quantitative estimate of drug-likeness (QED) is 0.674. The summed E-state index contributed by atoms with van der Waals surface area (Å²) in [6.45, 7) is 0. The molecule has 7 heteroatoms. The largest absolute Gasteiger partial charge is 0.357 e. The molecule has 3 rings (SSSR count). The molecule has 0 amide bonds. The van der Waals surface area contributed by atoms with E-state index in [1.807, 2.05) is 0 Å². The van der Waals surface area contributed by atoms with Gasteiger partial charge in [-0.05, 0) is 0 Å². The van der Waals surface area contributed by atoms with Crippen LogP contribution in [0, 0.1) is 0 Å². The van der Waals surface area contributed by atoms with Crippen LogP contribution in [-0.2, 0) is 0 Å². The third kappa shape index (κ3) is 1.57. The minimum atomic E-state index is 0.528. The van der Waals surface area contributed by atoms with E-state index in [1.54, 1.807) is 25.6 Å². The molecule has 0 aliphatic carbocycles. The number of aromatic nitrogens is 6. The maximum Gasteiger partial charge on any atom is 0.225 e. The van der Waals surface area contributed by atoms with E-state index in [9.17, 15) is 0 Å². The van der Waals surface area contributed by atoms with Crippen molar-refractivity contribution in [1.82, 2.24) is 30.1 Å². The first-order valence-corrected chi connectivity index (χ1v) is 5.03. The highest BCUT2D eigenvalue weighted by molar-refractivity contribution is 5.90. The molecule has 84 valence electrons. The van der Waals surface area contributed by atoms with E-state index in [0.29, 0.717) is 11.6 Å². The molecule has 0 aliphatic heterocycles. The lowest BCUT2D eigenvalue weighted by atomic mass is 10.2. The summed E-state index contributed by atoms with van der Waals surface area (Å²) in [5.74, 6) is 0.528. The van der Waals surface area contributed by atoms with E-state index < -0.39 is 0 Å². The zero-order chi connectivity index (χ0) is 11.7. The fraction of sp³-hybridized carbons (Fsp3) is 0.100. The van der Waals surface area contributed by atoms with Gasteiger partial charge in [0.2, 0.25) is 5.95 Å². The smallest absolute Gasteiger partial charge is 0.225 e. The van der Waals surface area contributed by atoms with Gasteiger partial charge in [-0.3, -0.25) is 5.10 Å². The number of rotatable bonds is 2. The molecule has 0 spiro atoms. The molecule has 0 bridgehead atoms. The molecule has 0 saturated carbocycles. The number of aromatic amines is 1. The van der Waals surface area contributed by atoms with Gasteiger partial charge in [-0.1, -0.05) is 0 Å². The highest BCUT2D eigenvalue weighted by Crippen LogP contribution is 2.24. The van der Waals surface area contributed by atoms with Gasteiger partial charge in [0.05, 0.1) is 17.3 Å². The van der Waals surface area contributed by atoms with Gasteiger partial charge in [0.1, 0.15) is 6.33 Å². The average molecular weight is 227 g/mol. The fourth-order valence-corrected chi connectivity index (χ4v) is 1.59. The number of anilines is 1. The lowest BCUT2D eigenvalue weighted by Crippen LogP contribution is -1.98. The molecule has 0 saturated heterocycles. The molecule has 0 atom stereocenters. The molecule has 3 aromatic heterocycles. The van der Waals surface area contributed by atoms with Crippen molar-refractivity contribution in [2.24, 2.45) is 0 Å². The lowest BCUT2D eigenvalue weighted by molar-refractivity contribution is 1.09. The van der Waals surface area contributed by atoms with E-state index in [4.69, 9.17) is 0 Å². The van der Waals surface area contributed by atoms with Crippen molar-refractivity contribution >= 4 is 17.0 Å². The van der Waals surface area contributed by atoms with E-state index in [-0.39, 0.29) is 0 Å². The number of fused-ring (bicyclic) bond motifs is 1. The van der Waals surface area contributed by atoms with Crippen LogP contribution in [0.15, 0.2) is 24.9 Å². The Kier molecular flexibility index (Phi) is 2.14. The van der Waals surface area contributed by atoms with Crippen molar-refractivity contribution < 1.29 is 0 Å². The molecule has 2 N–H and O–H groups in total. The Bertz CT molecular complexity index is 646. The Morgan fingerprint density at radius 2 is 1.94 bits per heavy atom. The molecule has 7 nitrogen and oxygen atoms in total. The summed E-state index contributed by atoms with van der Waals surface area (Å²) in [6.07, 6.45) is 6.59. The molecule has 3 heterocycles. The standard InChI is InChI=1S/C10H9N7/c1-11-10-15-8(6-2-12-5-13-3-6)7-4-14-17-9(7)16-10/h2-5H,1H3,(H2,11,14,15,16,17). The van der Waals surface area contributed by atoms with Crippen LogP contribution in [0.4, 0.5) is 5.95 Å². The van der Waals surface area contributed by atoms with E-state index >= 15 is 0 Å². The number of hydrogen-bond acceptors (Lipinski definition) is 6. The van der Waals surface area contributed by atoms with Crippen LogP contribution in [0.25, 0.3) is 22.3 Å². The molecule has 0 aromatic carbocycles. The first-order chi connectivity index (χ1) is 8.38. The molecule has 0 radical (unpaired) electrons. The van der Waals surface area contributed by atoms with Gasteiger partial charge in [0.15, 0.2) is 5.65 Å². The van der Waals surface area contributed by atoms with Crippen LogP contribution >= 0.6 is 0 Å². The van der Waals surface area contributed by atoms with Gasteiger partial charge in [-0.25, -0.2) is 15.0 Å². The second kappa shape index (κ2) is 3.78. The number of hydrogen-bond donors (Lipinski definition) is 2. The summed E-state index contributed by atoms with van der Waals surface area (Å²) in [5.41, 5.74) is 2.27. The third-order valence-electron chi connectivity index (χ3n) is 2.37. The van der Waals surface area contributed by atoms with Crippen molar-refractivity contribution in [2.45, 2.75) is 0 Å². The van der Waals surface area contributed by atoms with Gasteiger partial charge < -0.3 is 5.32 Å². The zero-order valence-electron chi connectivity index (χ0n) is 9.05. The highest BCUT2D eigenvalue weighted by atomic mass is 15.2. The lowest BCUT2D eigenvalue weighted by Gasteiger charge is -2.04. The number of H-pyrrole nitrogens is 1. The van der Waals surface area contributed by atoms with Crippen LogP contribution in [0.1, 0.15) is 0 Å². The summed E-state index contributed by atoms with van der Waals surface area (Å²) in [6, 6.07) is 0. The summed E-state index contributed by atoms with van der Waals surface area (Å²) in [7, 11) is 1.77. The number of nitrogens with one attached hydrogen (secondary N) is 2. The topological polar surface area (TPSA) is 92.3 Å². The fourth-order valence-electron chi connectivity index (χ4n) is 1.59. The van der Waals surface area contributed by atoms with Crippen molar-refractivity contribution in [3.8, 4) is 11.3 Å². The molecule has 0 unspecified atom stereocenters. The SMILES string of the molecule is CNc1nc(-c2cncnc2)c2cn[nH]c2n1. The second-order valence-corrected chi connectivity index (χ2v) is 3.41. The van der Waals surface area contributed by atoms with E-state index in [1.165, 1.54) is 6.33 Å². The summed E-state index contributed by atoms with van der Waals surface area (Å²) in [5, 5.41) is 10.5. The molecule has 0 fully saturated rings. The van der Waals surface area contributed by atoms with E-state index in [2.05, 4.69) is 35.5 Å². The Balaban J connectivity index is 2.30. The highest BCUT2D eigenvalue weighted by Gasteiger charge is 2.10. The van der Waals surface area contributed by atoms with Crippen LogP contribution in [0.3, 0.4) is 0 Å². The van der Waals surface area contributed by atoms with Crippen LogP contribution in [-0.4, -0.2) is 37.2 Å². The second-order valence-electron chi connectivity index (χ2n) is 3.41. The van der Waals surface area contributed by atoms with Gasteiger partial charge in [-0.15, -0.1) is 0 Å². The minimum absolute atomic E-state index is 0.528. The minimum Gasteiger partial charge on any atom is -0.357 e. The van der Waals surface area contributed by atoms with E-state index in [0.717, 1.165) is 16.6 Å². The monoisotopic (exact) mass is 227 g/mol. The molecular weight excluding hydrogens is 218 g/mol. The van der Waals surface area contributed by atoms with Crippen LogP contribution < -0.4 is 5.32 Å². The molecule has 0 aliphatic rings. The van der Waals surface area contributed by atoms with Crippen LogP contribution in [0.5, 0.6) is 0 Å². The van der Waals surface area contributed by atoms with Gasteiger partial charge >= 0.3 is 0 Å². The predicted molar refractivity (Wildman–Crippen MR) is 62.3 cm³/mol. The van der Waals surface area contributed by atoms with Crippen LogP contribution in [0.2, 0.25) is 0 Å². The Hall–Kier alpha value is -2.57. The Labute approximate surface area is 96.4 Å². The van der Waals surface area contributed by atoms with Gasteiger partial charge in [-0.2, -0.15) is 10.1 Å². The van der Waals surface area contributed by atoms with Gasteiger partial charge in [0, 0.05) is 25.0 Å². The zero-order valence-corrected chi connectivity index (χ0v) is 9.05. The van der Waals surface area contributed by atoms with Crippen molar-refractivity contribution in [3.05, 3.63) is 24.9 Å². The Morgan fingerprint density at radius 1 is 1.12 bits per heavy atom. The van der Waals surface area contributed by atoms with Crippen molar-refractivity contribution in [1.29, 1.82) is 0 Å². The molecular formula is C10H9N7. The van der Waals surface area contributed by atoms with Crippen molar-refractivity contribution in [3.63, 3.8) is 0 Å². The first kappa shape index (κ1) is 9.64. The normalized spacial score (nSPS) is 10.6. The Morgan fingerprint density at radius 3 is 2.71 bits per heavy atom. The first-order valence-electron chi connectivity index (χ1n) is 5.03. The average Bonchev–Trinajstić information content (AvgIpc) is 2.86. The number of nitrogens with zero attached hydrogens (tertiary/aromatic N) is 5. The third-order valence-corrected chi connectivity index (χ3v) is 2.37. The van der Waals surface area contributed by atoms with Crippen molar-refractivity contribution in [2.75, 3.05) is 12.4 Å². The summed E-state index contributed by atoms with van der Waals surface area (Å²) in [4.78, 5) is 16.6. The summed E-state index contributed by atoms with van der Waals surface area (Å²) >= 11 is 0. The van der Waals surface area contributed by atoms with Gasteiger partial charge in [0.25, 0.3) is 0 Å². The maximum atomic E-state index is 4.40. The summed E-state index contributed by atoms with van der Waals surface area (Å²) < 4.78 is 0. The maximum absolute atomic E-state index is 4.40. The predicted octanol–water partition coefficient (Wildman–Crippen LogP) is 0.852.